The third-order valence-corrected chi connectivity index (χ3v) is 5.35. The van der Waals surface area contributed by atoms with Crippen LogP contribution in [-0.4, -0.2) is 48.8 Å². The molecule has 3 heterocycles. The third-order valence-electron chi connectivity index (χ3n) is 5.35. The fourth-order valence-corrected chi connectivity index (χ4v) is 3.79. The van der Waals surface area contributed by atoms with E-state index in [0.29, 0.717) is 22.6 Å². The Morgan fingerprint density at radius 3 is 2.66 bits per heavy atom. The van der Waals surface area contributed by atoms with Gasteiger partial charge in [0, 0.05) is 38.5 Å². The van der Waals surface area contributed by atoms with Crippen molar-refractivity contribution >= 4 is 28.4 Å². The molecule has 0 radical (unpaired) electrons. The Balaban J connectivity index is 1.87. The summed E-state index contributed by atoms with van der Waals surface area (Å²) in [6.45, 7) is 0. The molecule has 32 heavy (non-hydrogen) atoms. The molecule has 0 aliphatic carbocycles. The number of benzene rings is 2. The second-order valence-corrected chi connectivity index (χ2v) is 7.78. The van der Waals surface area contributed by atoms with E-state index in [1.54, 1.807) is 43.2 Å². The monoisotopic (exact) mass is 429 g/mol. The standard InChI is InChI=1S/C23H20FN7O/c1-29(2)23(32)17-11-31-20(14-7-8-16-18(10-14)30(3)12-26-16)19(28-21(25)22(31)27-17)13-5-4-6-15(24)9-13/h4-12H,1-3H3,(H2,25,28). The molecule has 5 aromatic rings. The second-order valence-electron chi connectivity index (χ2n) is 7.78. The van der Waals surface area contributed by atoms with E-state index in [2.05, 4.69) is 15.0 Å². The smallest absolute Gasteiger partial charge is 0.273 e. The van der Waals surface area contributed by atoms with Crippen molar-refractivity contribution in [2.75, 3.05) is 19.8 Å². The van der Waals surface area contributed by atoms with Gasteiger partial charge >= 0.3 is 0 Å². The van der Waals surface area contributed by atoms with Gasteiger partial charge in [-0.1, -0.05) is 18.2 Å². The number of imidazole rings is 2. The summed E-state index contributed by atoms with van der Waals surface area (Å²) in [7, 11) is 5.22. The zero-order valence-corrected chi connectivity index (χ0v) is 17.7. The SMILES string of the molecule is CN(C)C(=O)c1cn2c(-c3ccc4ncn(C)c4c3)c(-c3cccc(F)c3)nc(N)c2n1. The molecule has 0 bridgehead atoms. The van der Waals surface area contributed by atoms with Gasteiger partial charge in [-0.05, 0) is 24.3 Å². The number of carbonyl (C=O) groups is 1. The van der Waals surface area contributed by atoms with E-state index >= 15 is 0 Å². The lowest BCUT2D eigenvalue weighted by Crippen LogP contribution is -2.21. The van der Waals surface area contributed by atoms with Gasteiger partial charge in [0.05, 0.1) is 28.7 Å². The molecule has 0 saturated carbocycles. The molecule has 0 aliphatic heterocycles. The average Bonchev–Trinajstić information content (AvgIpc) is 3.37. The number of rotatable bonds is 3. The predicted molar refractivity (Wildman–Crippen MR) is 121 cm³/mol. The number of carbonyl (C=O) groups excluding carboxylic acids is 1. The van der Waals surface area contributed by atoms with Crippen molar-refractivity contribution < 1.29 is 9.18 Å². The maximum absolute atomic E-state index is 14.1. The first kappa shape index (κ1) is 19.7. The highest BCUT2D eigenvalue weighted by atomic mass is 19.1. The molecule has 0 atom stereocenters. The van der Waals surface area contributed by atoms with Crippen LogP contribution >= 0.6 is 0 Å². The van der Waals surface area contributed by atoms with Gasteiger partial charge in [-0.25, -0.2) is 19.3 Å². The Morgan fingerprint density at radius 1 is 1.09 bits per heavy atom. The van der Waals surface area contributed by atoms with Crippen molar-refractivity contribution in [3.8, 4) is 22.5 Å². The van der Waals surface area contributed by atoms with E-state index in [1.807, 2.05) is 29.8 Å². The highest BCUT2D eigenvalue weighted by Crippen LogP contribution is 2.35. The first-order valence-corrected chi connectivity index (χ1v) is 9.91. The van der Waals surface area contributed by atoms with Crippen LogP contribution in [0.1, 0.15) is 10.5 Å². The average molecular weight is 429 g/mol. The van der Waals surface area contributed by atoms with E-state index in [9.17, 15) is 9.18 Å². The number of hydrogen-bond acceptors (Lipinski definition) is 5. The van der Waals surface area contributed by atoms with Gasteiger partial charge in [0.2, 0.25) is 0 Å². The lowest BCUT2D eigenvalue weighted by molar-refractivity contribution is 0.0822. The Kier molecular flexibility index (Phi) is 4.40. The number of hydrogen-bond donors (Lipinski definition) is 1. The summed E-state index contributed by atoms with van der Waals surface area (Å²) >= 11 is 0. The summed E-state index contributed by atoms with van der Waals surface area (Å²) in [4.78, 5) is 27.4. The number of fused-ring (bicyclic) bond motifs is 2. The van der Waals surface area contributed by atoms with E-state index in [-0.39, 0.29) is 23.2 Å². The number of amides is 1. The summed E-state index contributed by atoms with van der Waals surface area (Å²) in [6, 6.07) is 12.0. The quantitative estimate of drug-likeness (QED) is 0.475. The second kappa shape index (κ2) is 7.16. The van der Waals surface area contributed by atoms with Crippen molar-refractivity contribution in [2.45, 2.75) is 0 Å². The van der Waals surface area contributed by atoms with E-state index in [1.165, 1.54) is 17.0 Å². The lowest BCUT2D eigenvalue weighted by Gasteiger charge is -2.14. The number of anilines is 1. The molecule has 8 nitrogen and oxygen atoms in total. The topological polar surface area (TPSA) is 94.3 Å². The van der Waals surface area contributed by atoms with E-state index in [4.69, 9.17) is 5.73 Å². The van der Waals surface area contributed by atoms with Crippen molar-refractivity contribution in [1.82, 2.24) is 28.8 Å². The van der Waals surface area contributed by atoms with Crippen LogP contribution < -0.4 is 5.73 Å². The van der Waals surface area contributed by atoms with Gasteiger partial charge < -0.3 is 15.2 Å². The molecule has 0 unspecified atom stereocenters. The van der Waals surface area contributed by atoms with Gasteiger partial charge in [0.15, 0.2) is 11.5 Å². The minimum atomic E-state index is -0.384. The molecule has 9 heteroatoms. The largest absolute Gasteiger partial charge is 0.381 e. The van der Waals surface area contributed by atoms with Gasteiger partial charge in [0.1, 0.15) is 11.5 Å². The van der Waals surface area contributed by atoms with E-state index < -0.39 is 0 Å². The number of aryl methyl sites for hydroxylation is 1. The molecule has 3 aromatic heterocycles. The van der Waals surface area contributed by atoms with Crippen LogP contribution in [0.5, 0.6) is 0 Å². The van der Waals surface area contributed by atoms with Gasteiger partial charge in [0.25, 0.3) is 5.91 Å². The summed E-state index contributed by atoms with van der Waals surface area (Å²) in [5, 5.41) is 0. The molecule has 0 fully saturated rings. The van der Waals surface area contributed by atoms with E-state index in [0.717, 1.165) is 16.6 Å². The Hall–Kier alpha value is -4.27. The molecule has 1 amide bonds. The summed E-state index contributed by atoms with van der Waals surface area (Å²) in [5.41, 5.74) is 11.1. The minimum Gasteiger partial charge on any atom is -0.381 e. The van der Waals surface area contributed by atoms with Gasteiger partial charge in [-0.3, -0.25) is 9.20 Å². The summed E-state index contributed by atoms with van der Waals surface area (Å²) < 4.78 is 17.7. The van der Waals surface area contributed by atoms with Crippen LogP contribution in [0.4, 0.5) is 10.2 Å². The highest BCUT2D eigenvalue weighted by molar-refractivity contribution is 5.94. The van der Waals surface area contributed by atoms with Crippen LogP contribution in [0, 0.1) is 5.82 Å². The van der Waals surface area contributed by atoms with Crippen molar-refractivity contribution in [3.63, 3.8) is 0 Å². The predicted octanol–water partition coefficient (Wildman–Crippen LogP) is 3.37. The van der Waals surface area contributed by atoms with Crippen LogP contribution in [0.25, 0.3) is 39.2 Å². The highest BCUT2D eigenvalue weighted by Gasteiger charge is 2.22. The van der Waals surface area contributed by atoms with Crippen LogP contribution in [0.2, 0.25) is 0 Å². The lowest BCUT2D eigenvalue weighted by atomic mass is 10.0. The molecule has 2 aromatic carbocycles. The van der Waals surface area contributed by atoms with Crippen molar-refractivity contribution in [1.29, 1.82) is 0 Å². The zero-order valence-electron chi connectivity index (χ0n) is 17.7. The van der Waals surface area contributed by atoms with Gasteiger partial charge in [-0.2, -0.15) is 0 Å². The maximum Gasteiger partial charge on any atom is 0.273 e. The molecular formula is C23H20FN7O. The molecular weight excluding hydrogens is 409 g/mol. The van der Waals surface area contributed by atoms with Crippen molar-refractivity contribution in [3.05, 3.63) is 66.5 Å². The first-order valence-electron chi connectivity index (χ1n) is 9.91. The molecule has 5 rings (SSSR count). The fourth-order valence-electron chi connectivity index (χ4n) is 3.79. The normalized spacial score (nSPS) is 11.4. The number of aromatic nitrogens is 5. The zero-order chi connectivity index (χ0) is 22.6. The molecule has 160 valence electrons. The van der Waals surface area contributed by atoms with Gasteiger partial charge in [-0.15, -0.1) is 0 Å². The van der Waals surface area contributed by atoms with Crippen molar-refractivity contribution in [2.24, 2.45) is 7.05 Å². The summed E-state index contributed by atoms with van der Waals surface area (Å²) in [6.07, 6.45) is 3.38. The Morgan fingerprint density at radius 2 is 1.91 bits per heavy atom. The van der Waals surface area contributed by atoms with Crippen LogP contribution in [0.3, 0.4) is 0 Å². The molecule has 0 saturated heterocycles. The molecule has 0 aliphatic rings. The fraction of sp³-hybridized carbons (Fsp3) is 0.130. The van der Waals surface area contributed by atoms with Crippen LogP contribution in [-0.2, 0) is 7.05 Å². The number of nitrogen functional groups attached to an aromatic ring is 1. The first-order chi connectivity index (χ1) is 15.3. The summed E-state index contributed by atoms with van der Waals surface area (Å²) in [5.74, 6) is -0.494. The maximum atomic E-state index is 14.1. The Bertz CT molecular complexity index is 1520. The Labute approximate surface area is 182 Å². The molecule has 0 spiro atoms. The number of halogens is 1. The number of nitrogens with zero attached hydrogens (tertiary/aromatic N) is 6. The number of nitrogens with two attached hydrogens (primary N) is 1. The molecule has 2 N–H and O–H groups in total. The minimum absolute atomic E-state index is 0.146. The third kappa shape index (κ3) is 3.06. The van der Waals surface area contributed by atoms with Crippen LogP contribution in [0.15, 0.2) is 55.0 Å².